The fourth-order valence-corrected chi connectivity index (χ4v) is 1.76. The number of hydrogen-bond acceptors (Lipinski definition) is 3. The van der Waals surface area contributed by atoms with Crippen molar-refractivity contribution in [3.63, 3.8) is 0 Å². The van der Waals surface area contributed by atoms with Crippen LogP contribution in [-0.4, -0.2) is 9.97 Å². The molecule has 0 aliphatic heterocycles. The first kappa shape index (κ1) is 12.6. The lowest BCUT2D eigenvalue weighted by atomic mass is 10.1. The van der Waals surface area contributed by atoms with Crippen LogP contribution in [-0.2, 0) is 13.1 Å². The summed E-state index contributed by atoms with van der Waals surface area (Å²) in [6, 6.07) is 7.03. The number of halogens is 1. The van der Waals surface area contributed by atoms with E-state index >= 15 is 0 Å². The van der Waals surface area contributed by atoms with Crippen LogP contribution in [0.15, 0.2) is 30.5 Å². The van der Waals surface area contributed by atoms with Crippen LogP contribution in [0.3, 0.4) is 0 Å². The Hall–Kier alpha value is -1.81. The second kappa shape index (κ2) is 5.69. The van der Waals surface area contributed by atoms with Crippen LogP contribution in [0.5, 0.6) is 0 Å². The molecule has 1 N–H and O–H groups in total. The van der Waals surface area contributed by atoms with Crippen molar-refractivity contribution in [1.29, 1.82) is 0 Å². The number of rotatable bonds is 4. The normalized spacial score (nSPS) is 10.6. The molecule has 2 aromatic rings. The van der Waals surface area contributed by atoms with E-state index in [9.17, 15) is 4.39 Å². The van der Waals surface area contributed by atoms with Gasteiger partial charge >= 0.3 is 0 Å². The van der Waals surface area contributed by atoms with Gasteiger partial charge in [-0.1, -0.05) is 12.1 Å². The standard InChI is InChI=1S/C14H16FN3/c1-10-7-12(3-4-14(10)15)8-16-9-13-5-6-17-11(2)18-13/h3-7,16H,8-9H2,1-2H3. The number of hydrogen-bond donors (Lipinski definition) is 1. The summed E-state index contributed by atoms with van der Waals surface area (Å²) in [6.45, 7) is 5.02. The minimum Gasteiger partial charge on any atom is -0.307 e. The summed E-state index contributed by atoms with van der Waals surface area (Å²) >= 11 is 0. The Morgan fingerprint density at radius 3 is 2.72 bits per heavy atom. The number of nitrogens with one attached hydrogen (secondary N) is 1. The number of aromatic nitrogens is 2. The summed E-state index contributed by atoms with van der Waals surface area (Å²) in [7, 11) is 0. The largest absolute Gasteiger partial charge is 0.307 e. The van der Waals surface area contributed by atoms with Gasteiger partial charge in [0.15, 0.2) is 0 Å². The van der Waals surface area contributed by atoms with Gasteiger partial charge in [-0.25, -0.2) is 14.4 Å². The molecule has 0 saturated heterocycles. The molecule has 0 bridgehead atoms. The first-order valence-electron chi connectivity index (χ1n) is 5.89. The number of benzene rings is 1. The van der Waals surface area contributed by atoms with Crippen LogP contribution in [0.4, 0.5) is 4.39 Å². The highest BCUT2D eigenvalue weighted by Crippen LogP contribution is 2.09. The molecule has 0 saturated carbocycles. The van der Waals surface area contributed by atoms with Gasteiger partial charge in [0.1, 0.15) is 11.6 Å². The highest BCUT2D eigenvalue weighted by atomic mass is 19.1. The molecule has 0 fully saturated rings. The van der Waals surface area contributed by atoms with E-state index in [1.165, 1.54) is 6.07 Å². The Balaban J connectivity index is 1.90. The second-order valence-corrected chi connectivity index (χ2v) is 4.28. The zero-order valence-corrected chi connectivity index (χ0v) is 10.6. The third kappa shape index (κ3) is 3.34. The van der Waals surface area contributed by atoms with Crippen LogP contribution in [0.1, 0.15) is 22.6 Å². The first-order chi connectivity index (χ1) is 8.65. The van der Waals surface area contributed by atoms with E-state index < -0.39 is 0 Å². The Kier molecular flexibility index (Phi) is 3.99. The van der Waals surface area contributed by atoms with Crippen molar-refractivity contribution in [2.45, 2.75) is 26.9 Å². The van der Waals surface area contributed by atoms with Gasteiger partial charge in [-0.2, -0.15) is 0 Å². The van der Waals surface area contributed by atoms with E-state index in [-0.39, 0.29) is 5.82 Å². The molecule has 0 unspecified atom stereocenters. The Bertz CT molecular complexity index is 540. The summed E-state index contributed by atoms with van der Waals surface area (Å²) in [4.78, 5) is 8.35. The zero-order chi connectivity index (χ0) is 13.0. The molecule has 0 spiro atoms. The highest BCUT2D eigenvalue weighted by molar-refractivity contribution is 5.23. The molecule has 1 aromatic carbocycles. The molecule has 0 aliphatic rings. The molecule has 3 nitrogen and oxygen atoms in total. The predicted octanol–water partition coefficient (Wildman–Crippen LogP) is 2.52. The van der Waals surface area contributed by atoms with Crippen molar-refractivity contribution < 1.29 is 4.39 Å². The third-order valence-corrected chi connectivity index (χ3v) is 2.69. The van der Waals surface area contributed by atoms with Gasteiger partial charge in [0.2, 0.25) is 0 Å². The first-order valence-corrected chi connectivity index (χ1v) is 5.89. The molecule has 1 aromatic heterocycles. The van der Waals surface area contributed by atoms with Crippen LogP contribution in [0.2, 0.25) is 0 Å². The quantitative estimate of drug-likeness (QED) is 0.899. The zero-order valence-electron chi connectivity index (χ0n) is 10.6. The smallest absolute Gasteiger partial charge is 0.126 e. The molecule has 0 amide bonds. The predicted molar refractivity (Wildman–Crippen MR) is 68.4 cm³/mol. The summed E-state index contributed by atoms with van der Waals surface area (Å²) in [5.74, 6) is 0.608. The Labute approximate surface area is 106 Å². The van der Waals surface area contributed by atoms with E-state index in [0.29, 0.717) is 18.7 Å². The maximum Gasteiger partial charge on any atom is 0.126 e. The fourth-order valence-electron chi connectivity index (χ4n) is 1.76. The highest BCUT2D eigenvalue weighted by Gasteiger charge is 2.00. The van der Waals surface area contributed by atoms with Gasteiger partial charge in [-0.3, -0.25) is 0 Å². The lowest BCUT2D eigenvalue weighted by molar-refractivity contribution is 0.615. The van der Waals surface area contributed by atoms with Gasteiger partial charge in [0.25, 0.3) is 0 Å². The van der Waals surface area contributed by atoms with Gasteiger partial charge in [0, 0.05) is 19.3 Å². The average molecular weight is 245 g/mol. The SMILES string of the molecule is Cc1nccc(CNCc2ccc(F)c(C)c2)n1. The molecular weight excluding hydrogens is 229 g/mol. The van der Waals surface area contributed by atoms with Crippen LogP contribution < -0.4 is 5.32 Å². The molecular formula is C14H16FN3. The van der Waals surface area contributed by atoms with Crippen LogP contribution >= 0.6 is 0 Å². The van der Waals surface area contributed by atoms with Gasteiger partial charge in [0.05, 0.1) is 5.69 Å². The monoisotopic (exact) mass is 245 g/mol. The van der Waals surface area contributed by atoms with Gasteiger partial charge in [-0.15, -0.1) is 0 Å². The maximum atomic E-state index is 13.1. The number of aryl methyl sites for hydroxylation is 2. The molecule has 0 atom stereocenters. The molecule has 4 heteroatoms. The van der Waals surface area contributed by atoms with Crippen LogP contribution in [0, 0.1) is 19.7 Å². The van der Waals surface area contributed by atoms with Crippen molar-refractivity contribution in [2.75, 3.05) is 0 Å². The fraction of sp³-hybridized carbons (Fsp3) is 0.286. The lowest BCUT2D eigenvalue weighted by Gasteiger charge is -2.06. The van der Waals surface area contributed by atoms with Crippen molar-refractivity contribution in [2.24, 2.45) is 0 Å². The van der Waals surface area contributed by atoms with E-state index in [1.54, 1.807) is 19.2 Å². The Morgan fingerprint density at radius 1 is 1.17 bits per heavy atom. The summed E-state index contributed by atoms with van der Waals surface area (Å²) in [5, 5.41) is 3.28. The van der Waals surface area contributed by atoms with Gasteiger partial charge < -0.3 is 5.32 Å². The van der Waals surface area contributed by atoms with Crippen LogP contribution in [0.25, 0.3) is 0 Å². The van der Waals surface area contributed by atoms with E-state index in [0.717, 1.165) is 17.1 Å². The number of nitrogens with zero attached hydrogens (tertiary/aromatic N) is 2. The maximum absolute atomic E-state index is 13.1. The van der Waals surface area contributed by atoms with Crippen molar-refractivity contribution in [3.8, 4) is 0 Å². The van der Waals surface area contributed by atoms with E-state index in [1.807, 2.05) is 19.1 Å². The van der Waals surface area contributed by atoms with Crippen molar-refractivity contribution in [1.82, 2.24) is 15.3 Å². The van der Waals surface area contributed by atoms with E-state index in [4.69, 9.17) is 0 Å². The summed E-state index contributed by atoms with van der Waals surface area (Å²) in [6.07, 6.45) is 1.75. The average Bonchev–Trinajstić information content (AvgIpc) is 2.34. The minimum atomic E-state index is -0.162. The molecule has 0 aliphatic carbocycles. The molecule has 1 heterocycles. The van der Waals surface area contributed by atoms with Gasteiger partial charge in [-0.05, 0) is 37.1 Å². The summed E-state index contributed by atoms with van der Waals surface area (Å²) in [5.41, 5.74) is 2.70. The topological polar surface area (TPSA) is 37.8 Å². The molecule has 2 rings (SSSR count). The van der Waals surface area contributed by atoms with E-state index in [2.05, 4.69) is 15.3 Å². The molecule has 94 valence electrons. The van der Waals surface area contributed by atoms with Crippen molar-refractivity contribution in [3.05, 3.63) is 58.9 Å². The summed E-state index contributed by atoms with van der Waals surface area (Å²) < 4.78 is 13.1. The Morgan fingerprint density at radius 2 is 2.00 bits per heavy atom. The molecule has 0 radical (unpaired) electrons. The molecule has 18 heavy (non-hydrogen) atoms. The lowest BCUT2D eigenvalue weighted by Crippen LogP contribution is -2.14. The second-order valence-electron chi connectivity index (χ2n) is 4.28. The third-order valence-electron chi connectivity index (χ3n) is 2.69. The van der Waals surface area contributed by atoms with Crippen molar-refractivity contribution >= 4 is 0 Å². The minimum absolute atomic E-state index is 0.162.